The van der Waals surface area contributed by atoms with Crippen LogP contribution in [0.5, 0.6) is 5.75 Å². The van der Waals surface area contributed by atoms with Gasteiger partial charge in [0.1, 0.15) is 22.1 Å². The number of nitrogens with zero attached hydrogens (tertiary/aromatic N) is 1. The van der Waals surface area contributed by atoms with E-state index in [0.717, 1.165) is 11.3 Å². The summed E-state index contributed by atoms with van der Waals surface area (Å²) in [6.07, 6.45) is 0. The fourth-order valence-electron chi connectivity index (χ4n) is 2.10. The van der Waals surface area contributed by atoms with Crippen molar-refractivity contribution in [3.63, 3.8) is 0 Å². The van der Waals surface area contributed by atoms with E-state index in [1.54, 1.807) is 49.6 Å². The molecule has 0 radical (unpaired) electrons. The number of sulfonamides is 1. The van der Waals surface area contributed by atoms with Crippen LogP contribution in [0, 0.1) is 17.2 Å². The molecule has 2 N–H and O–H groups in total. The molecule has 1 aromatic carbocycles. The summed E-state index contributed by atoms with van der Waals surface area (Å²) < 4.78 is 32.5. The number of hydrogen-bond donors (Lipinski definition) is 2. The lowest BCUT2D eigenvalue weighted by molar-refractivity contribution is -0.118. The topological polar surface area (TPSA) is 108 Å². The molecule has 0 aliphatic carbocycles. The number of rotatable bonds is 8. The third kappa shape index (κ3) is 5.29. The van der Waals surface area contributed by atoms with Crippen LogP contribution in [0.1, 0.15) is 13.8 Å². The van der Waals surface area contributed by atoms with E-state index in [9.17, 15) is 13.2 Å². The highest BCUT2D eigenvalue weighted by Crippen LogP contribution is 2.19. The number of carbonyl (C=O) groups excluding carboxylic acids is 1. The minimum absolute atomic E-state index is 0.0639. The zero-order valence-corrected chi connectivity index (χ0v) is 15.9. The zero-order chi connectivity index (χ0) is 19.2. The van der Waals surface area contributed by atoms with Gasteiger partial charge in [-0.1, -0.05) is 19.9 Å². The Kier molecular flexibility index (Phi) is 6.74. The SMILES string of the molecule is CC(C)[C@@H](NS(=O)(=O)c1cccs1)C(=O)Nc1ccc(OCC#N)cc1. The lowest BCUT2D eigenvalue weighted by Gasteiger charge is -2.21. The lowest BCUT2D eigenvalue weighted by Crippen LogP contribution is -2.46. The van der Waals surface area contributed by atoms with E-state index in [2.05, 4.69) is 10.0 Å². The maximum atomic E-state index is 12.5. The van der Waals surface area contributed by atoms with Crippen molar-refractivity contribution < 1.29 is 17.9 Å². The van der Waals surface area contributed by atoms with Gasteiger partial charge in [-0.2, -0.15) is 9.98 Å². The van der Waals surface area contributed by atoms with Gasteiger partial charge in [-0.3, -0.25) is 4.79 Å². The monoisotopic (exact) mass is 393 g/mol. The Balaban J connectivity index is 2.08. The molecular weight excluding hydrogens is 374 g/mol. The number of thiophene rings is 1. The lowest BCUT2D eigenvalue weighted by atomic mass is 10.0. The molecular formula is C17H19N3O4S2. The molecule has 1 heterocycles. The molecule has 2 rings (SSSR count). The molecule has 0 unspecified atom stereocenters. The highest BCUT2D eigenvalue weighted by atomic mass is 32.2. The second-order valence-corrected chi connectivity index (χ2v) is 8.62. The Labute approximate surface area is 156 Å². The molecule has 1 aromatic heterocycles. The predicted octanol–water partition coefficient (Wildman–Crippen LogP) is 2.59. The number of nitrogens with one attached hydrogen (secondary N) is 2. The van der Waals surface area contributed by atoms with Gasteiger partial charge in [0.2, 0.25) is 5.91 Å². The van der Waals surface area contributed by atoms with Crippen LogP contribution < -0.4 is 14.8 Å². The highest BCUT2D eigenvalue weighted by molar-refractivity contribution is 7.91. The molecule has 0 fully saturated rings. The predicted molar refractivity (Wildman–Crippen MR) is 99.4 cm³/mol. The standard InChI is InChI=1S/C17H19N3O4S2/c1-12(2)16(20-26(22,23)15-4-3-11-25-15)17(21)19-13-5-7-14(8-6-13)24-10-9-18/h3-8,11-12,16,20H,10H2,1-2H3,(H,19,21)/t16-/m1/s1. The second kappa shape index (κ2) is 8.80. The Bertz CT molecular complexity index is 870. The van der Waals surface area contributed by atoms with E-state index in [-0.39, 0.29) is 16.7 Å². The van der Waals surface area contributed by atoms with Gasteiger partial charge in [0.15, 0.2) is 6.61 Å². The van der Waals surface area contributed by atoms with Crippen molar-refractivity contribution in [3.05, 3.63) is 41.8 Å². The van der Waals surface area contributed by atoms with E-state index in [0.29, 0.717) is 11.4 Å². The summed E-state index contributed by atoms with van der Waals surface area (Å²) >= 11 is 1.09. The number of anilines is 1. The van der Waals surface area contributed by atoms with Crippen molar-refractivity contribution in [2.24, 2.45) is 5.92 Å². The van der Waals surface area contributed by atoms with Gasteiger partial charge in [-0.15, -0.1) is 11.3 Å². The Morgan fingerprint density at radius 3 is 2.50 bits per heavy atom. The first-order chi connectivity index (χ1) is 12.3. The normalized spacial score (nSPS) is 12.4. The molecule has 26 heavy (non-hydrogen) atoms. The first-order valence-electron chi connectivity index (χ1n) is 7.80. The Morgan fingerprint density at radius 2 is 1.96 bits per heavy atom. The summed E-state index contributed by atoms with van der Waals surface area (Å²) in [7, 11) is -3.76. The van der Waals surface area contributed by atoms with Crippen LogP contribution in [0.15, 0.2) is 46.0 Å². The molecule has 0 saturated heterocycles. The molecule has 7 nitrogen and oxygen atoms in total. The summed E-state index contributed by atoms with van der Waals surface area (Å²) in [5.74, 6) is -0.197. The quantitative estimate of drug-likeness (QED) is 0.717. The Hall–Kier alpha value is -2.41. The fourth-order valence-corrected chi connectivity index (χ4v) is 4.46. The maximum absolute atomic E-state index is 12.5. The van der Waals surface area contributed by atoms with Crippen molar-refractivity contribution in [1.82, 2.24) is 4.72 Å². The highest BCUT2D eigenvalue weighted by Gasteiger charge is 2.28. The van der Waals surface area contributed by atoms with Crippen LogP contribution in [0.25, 0.3) is 0 Å². The summed E-state index contributed by atoms with van der Waals surface area (Å²) in [5, 5.41) is 12.8. The molecule has 9 heteroatoms. The maximum Gasteiger partial charge on any atom is 0.250 e. The fraction of sp³-hybridized carbons (Fsp3) is 0.294. The minimum atomic E-state index is -3.76. The average Bonchev–Trinajstić information content (AvgIpc) is 3.14. The minimum Gasteiger partial charge on any atom is -0.479 e. The molecule has 0 aliphatic heterocycles. The van der Waals surface area contributed by atoms with E-state index in [1.807, 2.05) is 6.07 Å². The average molecular weight is 393 g/mol. The van der Waals surface area contributed by atoms with Crippen LogP contribution in [-0.4, -0.2) is 27.0 Å². The van der Waals surface area contributed by atoms with Gasteiger partial charge < -0.3 is 10.1 Å². The van der Waals surface area contributed by atoms with E-state index in [1.165, 1.54) is 6.07 Å². The Morgan fingerprint density at radius 1 is 1.27 bits per heavy atom. The smallest absolute Gasteiger partial charge is 0.250 e. The number of amides is 1. The van der Waals surface area contributed by atoms with Crippen LogP contribution >= 0.6 is 11.3 Å². The molecule has 0 spiro atoms. The molecule has 1 atom stereocenters. The van der Waals surface area contributed by atoms with E-state index >= 15 is 0 Å². The van der Waals surface area contributed by atoms with E-state index < -0.39 is 22.0 Å². The van der Waals surface area contributed by atoms with Crippen molar-refractivity contribution in [2.75, 3.05) is 11.9 Å². The number of nitriles is 1. The van der Waals surface area contributed by atoms with Crippen LogP contribution in [-0.2, 0) is 14.8 Å². The number of hydrogen-bond acceptors (Lipinski definition) is 6. The molecule has 0 aliphatic rings. The summed E-state index contributed by atoms with van der Waals surface area (Å²) in [6.45, 7) is 3.46. The van der Waals surface area contributed by atoms with Gasteiger partial charge in [-0.25, -0.2) is 8.42 Å². The van der Waals surface area contributed by atoms with Crippen LogP contribution in [0.3, 0.4) is 0 Å². The first kappa shape index (κ1) is 19.9. The molecule has 138 valence electrons. The van der Waals surface area contributed by atoms with Crippen molar-refractivity contribution in [2.45, 2.75) is 24.1 Å². The first-order valence-corrected chi connectivity index (χ1v) is 10.2. The second-order valence-electron chi connectivity index (χ2n) is 5.74. The summed E-state index contributed by atoms with van der Waals surface area (Å²) in [6, 6.07) is 10.6. The summed E-state index contributed by atoms with van der Waals surface area (Å²) in [5.41, 5.74) is 0.500. The van der Waals surface area contributed by atoms with Crippen LogP contribution in [0.4, 0.5) is 5.69 Å². The van der Waals surface area contributed by atoms with Gasteiger partial charge in [0.05, 0.1) is 0 Å². The van der Waals surface area contributed by atoms with Gasteiger partial charge in [0, 0.05) is 5.69 Å². The van der Waals surface area contributed by atoms with Crippen LogP contribution in [0.2, 0.25) is 0 Å². The zero-order valence-electron chi connectivity index (χ0n) is 14.3. The molecule has 0 bridgehead atoms. The molecule has 2 aromatic rings. The number of benzene rings is 1. The molecule has 1 amide bonds. The van der Waals surface area contributed by atoms with Crippen molar-refractivity contribution >= 4 is 33.0 Å². The van der Waals surface area contributed by atoms with E-state index in [4.69, 9.17) is 10.00 Å². The van der Waals surface area contributed by atoms with Gasteiger partial charge >= 0.3 is 0 Å². The van der Waals surface area contributed by atoms with Crippen molar-refractivity contribution in [3.8, 4) is 11.8 Å². The van der Waals surface area contributed by atoms with Gasteiger partial charge in [-0.05, 0) is 41.6 Å². The number of ether oxygens (including phenoxy) is 1. The number of carbonyl (C=O) groups is 1. The third-order valence-electron chi connectivity index (χ3n) is 3.42. The van der Waals surface area contributed by atoms with Crippen molar-refractivity contribution in [1.29, 1.82) is 5.26 Å². The molecule has 0 saturated carbocycles. The van der Waals surface area contributed by atoms with Gasteiger partial charge in [0.25, 0.3) is 10.0 Å². The third-order valence-corrected chi connectivity index (χ3v) is 6.25. The largest absolute Gasteiger partial charge is 0.479 e. The summed E-state index contributed by atoms with van der Waals surface area (Å²) in [4.78, 5) is 12.5.